The molecule has 1 heterocycles. The Kier molecular flexibility index (Phi) is 5.42. The van der Waals surface area contributed by atoms with Crippen LogP contribution in [-0.2, 0) is 0 Å². The maximum Gasteiger partial charge on any atom is 0.163 e. The molecule has 5 nitrogen and oxygen atoms in total. The third-order valence-corrected chi connectivity index (χ3v) is 4.49. The molecule has 0 radical (unpaired) electrons. The first-order chi connectivity index (χ1) is 12.5. The summed E-state index contributed by atoms with van der Waals surface area (Å²) in [6.45, 7) is 2.71. The summed E-state index contributed by atoms with van der Waals surface area (Å²) in [4.78, 5) is 10.7. The Morgan fingerprint density at radius 1 is 1.19 bits per heavy atom. The van der Waals surface area contributed by atoms with Crippen LogP contribution in [0.3, 0.4) is 0 Å². The molecule has 26 heavy (non-hydrogen) atoms. The van der Waals surface area contributed by atoms with E-state index in [1.54, 1.807) is 7.11 Å². The fraction of sp³-hybridized carbons (Fsp3) is 0.300. The number of anilines is 1. The van der Waals surface area contributed by atoms with Gasteiger partial charge in [0, 0.05) is 37.5 Å². The van der Waals surface area contributed by atoms with Crippen molar-refractivity contribution in [3.8, 4) is 11.5 Å². The molecule has 2 aromatic carbocycles. The van der Waals surface area contributed by atoms with Gasteiger partial charge in [-0.2, -0.15) is 0 Å². The van der Waals surface area contributed by atoms with E-state index in [-0.39, 0.29) is 0 Å². The number of imidazole rings is 1. The molecule has 0 bridgehead atoms. The molecule has 0 saturated heterocycles. The fourth-order valence-electron chi connectivity index (χ4n) is 2.79. The number of para-hydroxylation sites is 1. The number of rotatable bonds is 7. The van der Waals surface area contributed by atoms with E-state index in [1.165, 1.54) is 0 Å². The smallest absolute Gasteiger partial charge is 0.163 e. The third-order valence-electron chi connectivity index (χ3n) is 4.07. The Bertz CT molecular complexity index is 934. The van der Waals surface area contributed by atoms with Crippen LogP contribution in [0.15, 0.2) is 36.4 Å². The largest absolute Gasteiger partial charge is 0.493 e. The lowest BCUT2D eigenvalue weighted by molar-refractivity contribution is 0.295. The number of benzene rings is 2. The molecule has 0 amide bonds. The van der Waals surface area contributed by atoms with Gasteiger partial charge < -0.3 is 19.4 Å². The van der Waals surface area contributed by atoms with Crippen molar-refractivity contribution in [2.75, 3.05) is 32.7 Å². The molecule has 3 rings (SSSR count). The number of ether oxygens (including phenoxy) is 2. The quantitative estimate of drug-likeness (QED) is 0.500. The average Bonchev–Trinajstić information content (AvgIpc) is 3.07. The molecular weight excluding hydrogens is 346 g/mol. The van der Waals surface area contributed by atoms with E-state index in [4.69, 9.17) is 21.7 Å². The van der Waals surface area contributed by atoms with Gasteiger partial charge in [-0.15, -0.1) is 0 Å². The molecule has 0 saturated carbocycles. The lowest BCUT2D eigenvalue weighted by Gasteiger charge is -2.17. The number of aromatic amines is 1. The monoisotopic (exact) mass is 369 g/mol. The zero-order valence-electron chi connectivity index (χ0n) is 15.5. The fourth-order valence-corrected chi connectivity index (χ4v) is 3.06. The molecule has 0 aliphatic rings. The molecule has 0 aliphatic heterocycles. The molecule has 0 aliphatic carbocycles. The summed E-state index contributed by atoms with van der Waals surface area (Å²) in [5.41, 5.74) is 3.70. The molecule has 0 unspecified atom stereocenters. The van der Waals surface area contributed by atoms with Crippen molar-refractivity contribution in [1.82, 2.24) is 9.97 Å². The second-order valence-electron chi connectivity index (χ2n) is 6.19. The zero-order valence-corrected chi connectivity index (χ0v) is 16.3. The van der Waals surface area contributed by atoms with Crippen LogP contribution in [0.25, 0.3) is 11.0 Å². The number of fused-ring (bicyclic) bond motifs is 1. The van der Waals surface area contributed by atoms with E-state index in [2.05, 4.69) is 16.9 Å². The van der Waals surface area contributed by atoms with Crippen molar-refractivity contribution in [2.45, 2.75) is 13.3 Å². The van der Waals surface area contributed by atoms with Crippen LogP contribution in [0.4, 0.5) is 5.69 Å². The van der Waals surface area contributed by atoms with Crippen LogP contribution in [-0.4, -0.2) is 42.6 Å². The van der Waals surface area contributed by atoms with Gasteiger partial charge >= 0.3 is 0 Å². The number of hydrogen-bond donors (Lipinski definition) is 1. The summed E-state index contributed by atoms with van der Waals surface area (Å²) in [7, 11) is 5.64. The minimum Gasteiger partial charge on any atom is -0.493 e. The van der Waals surface area contributed by atoms with Gasteiger partial charge in [-0.3, -0.25) is 0 Å². The Hall–Kier alpha value is -2.60. The maximum atomic E-state index is 5.78. The molecular formula is C20H23N3O2S. The predicted molar refractivity (Wildman–Crippen MR) is 110 cm³/mol. The molecule has 0 atom stereocenters. The van der Waals surface area contributed by atoms with E-state index in [9.17, 15) is 0 Å². The molecule has 3 aromatic rings. The summed E-state index contributed by atoms with van der Waals surface area (Å²) in [6, 6.07) is 11.8. The second kappa shape index (κ2) is 7.74. The number of aromatic nitrogens is 2. The highest BCUT2D eigenvalue weighted by molar-refractivity contribution is 7.81. The molecule has 1 N–H and O–H groups in total. The normalized spacial score (nSPS) is 10.8. The van der Waals surface area contributed by atoms with Crippen molar-refractivity contribution >= 4 is 33.8 Å². The third kappa shape index (κ3) is 3.51. The number of nitrogens with zero attached hydrogens (tertiary/aromatic N) is 2. The first kappa shape index (κ1) is 18.2. The van der Waals surface area contributed by atoms with Crippen molar-refractivity contribution in [3.63, 3.8) is 0 Å². The SMILES string of the molecule is CCCOc1cc2[nH]c(C(=S)c3ccccc3N(C)C)nc2cc1OC. The molecule has 136 valence electrons. The van der Waals surface area contributed by atoms with E-state index >= 15 is 0 Å². The number of nitrogens with one attached hydrogen (secondary N) is 1. The highest BCUT2D eigenvalue weighted by Gasteiger charge is 2.16. The number of methoxy groups -OCH3 is 1. The Labute approximate surface area is 158 Å². The van der Waals surface area contributed by atoms with Crippen LogP contribution in [0.1, 0.15) is 24.7 Å². The summed E-state index contributed by atoms with van der Waals surface area (Å²) in [5, 5.41) is 0. The summed E-state index contributed by atoms with van der Waals surface area (Å²) in [6.07, 6.45) is 0.931. The topological polar surface area (TPSA) is 50.4 Å². The Balaban J connectivity index is 2.02. The lowest BCUT2D eigenvalue weighted by atomic mass is 10.1. The average molecular weight is 369 g/mol. The van der Waals surface area contributed by atoms with Crippen molar-refractivity contribution in [3.05, 3.63) is 47.8 Å². The van der Waals surface area contributed by atoms with Crippen LogP contribution in [0.5, 0.6) is 11.5 Å². The van der Waals surface area contributed by atoms with Gasteiger partial charge in [0.2, 0.25) is 0 Å². The standard InChI is InChI=1S/C20H23N3O2S/c1-5-10-25-18-12-15-14(11-17(18)24-4)21-20(22-15)19(26)13-8-6-7-9-16(13)23(2)3/h6-9,11-12H,5,10H2,1-4H3,(H,21,22). The van der Waals surface area contributed by atoms with Gasteiger partial charge in [-0.1, -0.05) is 37.3 Å². The molecule has 0 spiro atoms. The molecule has 6 heteroatoms. The summed E-state index contributed by atoms with van der Waals surface area (Å²) in [5.74, 6) is 2.04. The minimum atomic E-state index is 0.636. The van der Waals surface area contributed by atoms with Gasteiger partial charge in [-0.05, 0) is 12.5 Å². The van der Waals surface area contributed by atoms with Crippen LogP contribution in [0, 0.1) is 0 Å². The highest BCUT2D eigenvalue weighted by atomic mass is 32.1. The first-order valence-corrected chi connectivity index (χ1v) is 8.97. The number of thiocarbonyl (C=S) groups is 1. The van der Waals surface area contributed by atoms with Crippen molar-refractivity contribution in [2.24, 2.45) is 0 Å². The molecule has 1 aromatic heterocycles. The number of hydrogen-bond acceptors (Lipinski definition) is 5. The zero-order chi connectivity index (χ0) is 18.7. The van der Waals surface area contributed by atoms with E-state index < -0.39 is 0 Å². The molecule has 0 fully saturated rings. The second-order valence-corrected chi connectivity index (χ2v) is 6.60. The maximum absolute atomic E-state index is 5.78. The first-order valence-electron chi connectivity index (χ1n) is 8.56. The van der Waals surface area contributed by atoms with Gasteiger partial charge in [0.25, 0.3) is 0 Å². The minimum absolute atomic E-state index is 0.636. The van der Waals surface area contributed by atoms with E-state index in [0.717, 1.165) is 28.7 Å². The Morgan fingerprint density at radius 3 is 2.65 bits per heavy atom. The van der Waals surface area contributed by atoms with Gasteiger partial charge in [0.15, 0.2) is 11.5 Å². The highest BCUT2D eigenvalue weighted by Crippen LogP contribution is 2.32. The van der Waals surface area contributed by atoms with Crippen molar-refractivity contribution in [1.29, 1.82) is 0 Å². The Morgan fingerprint density at radius 2 is 1.96 bits per heavy atom. The van der Waals surface area contributed by atoms with E-state index in [0.29, 0.717) is 28.8 Å². The van der Waals surface area contributed by atoms with Gasteiger partial charge in [0.1, 0.15) is 5.82 Å². The lowest BCUT2D eigenvalue weighted by Crippen LogP contribution is -2.14. The van der Waals surface area contributed by atoms with Crippen LogP contribution >= 0.6 is 12.2 Å². The van der Waals surface area contributed by atoms with E-state index in [1.807, 2.05) is 55.4 Å². The summed E-state index contributed by atoms with van der Waals surface area (Å²) >= 11 is 5.72. The summed E-state index contributed by atoms with van der Waals surface area (Å²) < 4.78 is 11.2. The predicted octanol–water partition coefficient (Wildman–Crippen LogP) is 4.19. The van der Waals surface area contributed by atoms with Crippen LogP contribution < -0.4 is 14.4 Å². The van der Waals surface area contributed by atoms with Crippen molar-refractivity contribution < 1.29 is 9.47 Å². The number of H-pyrrole nitrogens is 1. The van der Waals surface area contributed by atoms with Crippen LogP contribution in [0.2, 0.25) is 0 Å². The van der Waals surface area contributed by atoms with Gasteiger partial charge in [-0.25, -0.2) is 4.98 Å². The van der Waals surface area contributed by atoms with Gasteiger partial charge in [0.05, 0.1) is 29.6 Å².